The van der Waals surface area contributed by atoms with Crippen molar-refractivity contribution < 1.29 is 0 Å². The molecule has 0 unspecified atom stereocenters. The molecule has 2 nitrogen and oxygen atoms in total. The van der Waals surface area contributed by atoms with Crippen molar-refractivity contribution in [3.05, 3.63) is 53.6 Å². The van der Waals surface area contributed by atoms with Crippen molar-refractivity contribution in [2.45, 2.75) is 6.54 Å². The van der Waals surface area contributed by atoms with E-state index in [9.17, 15) is 0 Å². The van der Waals surface area contributed by atoms with Crippen LogP contribution in [0.2, 0.25) is 0 Å². The fourth-order valence-electron chi connectivity index (χ4n) is 1.41. The average molecular weight is 168 g/mol. The summed E-state index contributed by atoms with van der Waals surface area (Å²) in [6.45, 7) is 7.27. The Hall–Kier alpha value is -1.88. The lowest BCUT2D eigenvalue weighted by atomic mass is 10.1. The first-order valence-corrected chi connectivity index (χ1v) is 4.06. The molecular formula is C11H8N2. The largest absolute Gasteiger partial charge is 0.312 e. The Kier molecular flexibility index (Phi) is 1.93. The van der Waals surface area contributed by atoms with Gasteiger partial charge in [-0.2, -0.15) is 0 Å². The highest BCUT2D eigenvalue weighted by molar-refractivity contribution is 5.84. The van der Waals surface area contributed by atoms with E-state index in [4.69, 9.17) is 6.57 Å². The van der Waals surface area contributed by atoms with Gasteiger partial charge < -0.3 is 4.85 Å². The molecule has 1 heterocycles. The third kappa shape index (κ3) is 1.36. The number of nitrogens with zero attached hydrogens (tertiary/aromatic N) is 2. The molecule has 0 saturated carbocycles. The second-order valence-corrected chi connectivity index (χ2v) is 2.83. The standard InChI is InChI=1S/C11H8N2/c1-12-7-9-3-2-4-10-8-13-6-5-11(9)10/h2-6,8H,7H2. The summed E-state index contributed by atoms with van der Waals surface area (Å²) in [5.41, 5.74) is 1.08. The molecule has 0 aliphatic heterocycles. The van der Waals surface area contributed by atoms with Gasteiger partial charge in [-0.1, -0.05) is 18.2 Å². The molecule has 0 atom stereocenters. The van der Waals surface area contributed by atoms with Gasteiger partial charge in [0.1, 0.15) is 0 Å². The summed E-state index contributed by atoms with van der Waals surface area (Å²) in [7, 11) is 0. The lowest BCUT2D eigenvalue weighted by Crippen LogP contribution is -1.83. The summed E-state index contributed by atoms with van der Waals surface area (Å²) in [5, 5.41) is 2.23. The molecule has 0 bridgehead atoms. The van der Waals surface area contributed by atoms with E-state index in [1.54, 1.807) is 6.20 Å². The Labute approximate surface area is 76.7 Å². The molecule has 2 aromatic rings. The Bertz CT molecular complexity index is 463. The first-order valence-electron chi connectivity index (χ1n) is 4.06. The van der Waals surface area contributed by atoms with Crippen LogP contribution in [0.4, 0.5) is 0 Å². The minimum atomic E-state index is 0.446. The summed E-state index contributed by atoms with van der Waals surface area (Å²) < 4.78 is 0. The summed E-state index contributed by atoms with van der Waals surface area (Å²) in [6.07, 6.45) is 3.58. The van der Waals surface area contributed by atoms with Gasteiger partial charge in [-0.25, -0.2) is 6.57 Å². The molecule has 2 heteroatoms. The van der Waals surface area contributed by atoms with E-state index in [1.807, 2.05) is 30.5 Å². The number of fused-ring (bicyclic) bond motifs is 1. The quantitative estimate of drug-likeness (QED) is 0.598. The van der Waals surface area contributed by atoms with Crippen molar-refractivity contribution in [3.63, 3.8) is 0 Å². The maximum Gasteiger partial charge on any atom is 0.240 e. The van der Waals surface area contributed by atoms with Crippen LogP contribution < -0.4 is 0 Å². The Morgan fingerprint density at radius 3 is 3.08 bits per heavy atom. The minimum absolute atomic E-state index is 0.446. The molecular weight excluding hydrogens is 160 g/mol. The van der Waals surface area contributed by atoms with E-state index in [-0.39, 0.29) is 0 Å². The lowest BCUT2D eigenvalue weighted by Gasteiger charge is -1.98. The molecule has 0 N–H and O–H groups in total. The van der Waals surface area contributed by atoms with Gasteiger partial charge in [-0.05, 0) is 11.5 Å². The maximum absolute atomic E-state index is 6.82. The number of benzene rings is 1. The monoisotopic (exact) mass is 168 g/mol. The molecule has 0 aliphatic rings. The molecule has 0 spiro atoms. The predicted molar refractivity (Wildman–Crippen MR) is 52.0 cm³/mol. The number of hydrogen-bond acceptors (Lipinski definition) is 1. The first-order chi connectivity index (χ1) is 6.42. The zero-order valence-electron chi connectivity index (χ0n) is 7.07. The van der Waals surface area contributed by atoms with Crippen molar-refractivity contribution in [2.75, 3.05) is 0 Å². The molecule has 13 heavy (non-hydrogen) atoms. The zero-order valence-corrected chi connectivity index (χ0v) is 7.07. The van der Waals surface area contributed by atoms with E-state index in [1.165, 1.54) is 0 Å². The van der Waals surface area contributed by atoms with Crippen LogP contribution in [0.15, 0.2) is 36.7 Å². The molecule has 2 rings (SSSR count). The normalized spacial score (nSPS) is 9.77. The third-order valence-corrected chi connectivity index (χ3v) is 2.02. The average Bonchev–Trinajstić information content (AvgIpc) is 2.19. The lowest BCUT2D eigenvalue weighted by molar-refractivity contribution is 1.28. The van der Waals surface area contributed by atoms with Crippen LogP contribution in [0.5, 0.6) is 0 Å². The smallest absolute Gasteiger partial charge is 0.240 e. The third-order valence-electron chi connectivity index (χ3n) is 2.02. The molecule has 62 valence electrons. The number of pyridine rings is 1. The summed E-state index contributed by atoms with van der Waals surface area (Å²) in [5.74, 6) is 0. The van der Waals surface area contributed by atoms with Gasteiger partial charge in [0.25, 0.3) is 0 Å². The van der Waals surface area contributed by atoms with Crippen LogP contribution in [-0.4, -0.2) is 4.98 Å². The second kappa shape index (κ2) is 3.24. The van der Waals surface area contributed by atoms with E-state index < -0.39 is 0 Å². The van der Waals surface area contributed by atoms with Gasteiger partial charge in [0, 0.05) is 23.3 Å². The SMILES string of the molecule is [C-]#[N+]Cc1cccc2cnccc12. The van der Waals surface area contributed by atoms with E-state index in [0.717, 1.165) is 16.3 Å². The minimum Gasteiger partial charge on any atom is -0.312 e. The van der Waals surface area contributed by atoms with Gasteiger partial charge in [-0.15, -0.1) is 0 Å². The maximum atomic E-state index is 6.82. The number of aromatic nitrogens is 1. The fourth-order valence-corrected chi connectivity index (χ4v) is 1.41. The molecule has 0 saturated heterocycles. The molecule has 0 amide bonds. The zero-order chi connectivity index (χ0) is 9.10. The van der Waals surface area contributed by atoms with Crippen LogP contribution in [0, 0.1) is 6.57 Å². The van der Waals surface area contributed by atoms with Crippen molar-refractivity contribution in [3.8, 4) is 0 Å². The van der Waals surface area contributed by atoms with Crippen molar-refractivity contribution in [1.82, 2.24) is 4.98 Å². The molecule has 1 aromatic carbocycles. The van der Waals surface area contributed by atoms with Gasteiger partial charge in [-0.3, -0.25) is 4.98 Å². The predicted octanol–water partition coefficient (Wildman–Crippen LogP) is 2.65. The van der Waals surface area contributed by atoms with Crippen LogP contribution in [0.1, 0.15) is 5.56 Å². The Morgan fingerprint density at radius 1 is 1.31 bits per heavy atom. The second-order valence-electron chi connectivity index (χ2n) is 2.83. The van der Waals surface area contributed by atoms with Crippen molar-refractivity contribution >= 4 is 10.8 Å². The van der Waals surface area contributed by atoms with Gasteiger partial charge in [0.05, 0.1) is 0 Å². The summed E-state index contributed by atoms with van der Waals surface area (Å²) >= 11 is 0. The van der Waals surface area contributed by atoms with Gasteiger partial charge >= 0.3 is 0 Å². The first kappa shape index (κ1) is 7.75. The van der Waals surface area contributed by atoms with Crippen LogP contribution in [-0.2, 0) is 6.54 Å². The highest BCUT2D eigenvalue weighted by atomic mass is 14.6. The molecule has 1 aromatic heterocycles. The molecule has 0 fully saturated rings. The van der Waals surface area contributed by atoms with Crippen LogP contribution in [0.3, 0.4) is 0 Å². The highest BCUT2D eigenvalue weighted by Crippen LogP contribution is 2.17. The number of hydrogen-bond donors (Lipinski definition) is 0. The summed E-state index contributed by atoms with van der Waals surface area (Å²) in [6, 6.07) is 7.91. The summed E-state index contributed by atoms with van der Waals surface area (Å²) in [4.78, 5) is 7.42. The van der Waals surface area contributed by atoms with E-state index in [0.29, 0.717) is 6.54 Å². The van der Waals surface area contributed by atoms with Crippen molar-refractivity contribution in [1.29, 1.82) is 0 Å². The topological polar surface area (TPSA) is 17.2 Å². The van der Waals surface area contributed by atoms with E-state index >= 15 is 0 Å². The van der Waals surface area contributed by atoms with Gasteiger partial charge in [0.15, 0.2) is 0 Å². The number of rotatable bonds is 1. The highest BCUT2D eigenvalue weighted by Gasteiger charge is 2.00. The van der Waals surface area contributed by atoms with Crippen LogP contribution >= 0.6 is 0 Å². The Balaban J connectivity index is 2.70. The van der Waals surface area contributed by atoms with Crippen LogP contribution in [0.25, 0.3) is 15.6 Å². The molecule has 0 radical (unpaired) electrons. The fraction of sp³-hybridized carbons (Fsp3) is 0.0909. The van der Waals surface area contributed by atoms with Crippen molar-refractivity contribution in [2.24, 2.45) is 0 Å². The Morgan fingerprint density at radius 2 is 2.23 bits per heavy atom. The van der Waals surface area contributed by atoms with E-state index in [2.05, 4.69) is 9.83 Å². The molecule has 0 aliphatic carbocycles. The van der Waals surface area contributed by atoms with Gasteiger partial charge in [0.2, 0.25) is 6.54 Å².